The predicted molar refractivity (Wildman–Crippen MR) is 82.0 cm³/mol. The molecule has 0 aliphatic heterocycles. The monoisotopic (exact) mass is 301 g/mol. The number of aromatic nitrogens is 2. The minimum Gasteiger partial charge on any atom is -0.497 e. The second-order valence-electron chi connectivity index (χ2n) is 4.69. The summed E-state index contributed by atoms with van der Waals surface area (Å²) in [5.41, 5.74) is 1.45. The summed E-state index contributed by atoms with van der Waals surface area (Å²) in [5, 5.41) is 2.87. The fourth-order valence-electron chi connectivity index (χ4n) is 2.04. The first-order valence-corrected chi connectivity index (χ1v) is 7.33. The van der Waals surface area contributed by atoms with Crippen molar-refractivity contribution in [3.05, 3.63) is 52.8 Å². The van der Waals surface area contributed by atoms with Crippen LogP contribution in [0.25, 0.3) is 4.96 Å². The Kier molecular flexibility index (Phi) is 3.62. The summed E-state index contributed by atoms with van der Waals surface area (Å²) in [5.74, 6) is 0.633. The minimum absolute atomic E-state index is 0.167. The molecule has 0 saturated heterocycles. The third-order valence-electron chi connectivity index (χ3n) is 3.12. The lowest BCUT2D eigenvalue weighted by atomic mass is 10.2. The van der Waals surface area contributed by atoms with Crippen LogP contribution in [-0.2, 0) is 6.54 Å². The molecule has 21 heavy (non-hydrogen) atoms. The maximum absolute atomic E-state index is 12.1. The highest BCUT2D eigenvalue weighted by molar-refractivity contribution is 7.17. The average molecular weight is 301 g/mol. The third kappa shape index (κ3) is 2.90. The number of imidazole rings is 1. The lowest BCUT2D eigenvalue weighted by Gasteiger charge is -2.04. The normalized spacial score (nSPS) is 10.8. The van der Waals surface area contributed by atoms with Gasteiger partial charge in [0, 0.05) is 23.8 Å². The van der Waals surface area contributed by atoms with Gasteiger partial charge < -0.3 is 10.1 Å². The lowest BCUT2D eigenvalue weighted by molar-refractivity contribution is 0.0946. The van der Waals surface area contributed by atoms with E-state index in [0.29, 0.717) is 12.2 Å². The Morgan fingerprint density at radius 1 is 1.33 bits per heavy atom. The number of rotatable bonds is 4. The van der Waals surface area contributed by atoms with Crippen LogP contribution in [0, 0.1) is 6.92 Å². The summed E-state index contributed by atoms with van der Waals surface area (Å²) in [6.45, 7) is 2.48. The minimum atomic E-state index is -0.167. The third-order valence-corrected chi connectivity index (χ3v) is 4.03. The fourth-order valence-corrected chi connectivity index (χ4v) is 2.85. The Morgan fingerprint density at radius 2 is 2.10 bits per heavy atom. The van der Waals surface area contributed by atoms with Crippen molar-refractivity contribution in [2.24, 2.45) is 0 Å². The second kappa shape index (κ2) is 5.57. The molecule has 0 aliphatic carbocycles. The zero-order chi connectivity index (χ0) is 14.8. The number of fused-ring (bicyclic) bond motifs is 1. The molecule has 2 heterocycles. The first kappa shape index (κ1) is 13.6. The Morgan fingerprint density at radius 3 is 2.76 bits per heavy atom. The average Bonchev–Trinajstić information content (AvgIpc) is 3.02. The largest absolute Gasteiger partial charge is 0.497 e. The first-order chi connectivity index (χ1) is 10.2. The van der Waals surface area contributed by atoms with Crippen molar-refractivity contribution >= 4 is 22.2 Å². The molecule has 2 aromatic heterocycles. The van der Waals surface area contributed by atoms with Crippen LogP contribution in [0.1, 0.15) is 20.9 Å². The zero-order valence-corrected chi connectivity index (χ0v) is 12.6. The van der Waals surface area contributed by atoms with E-state index in [4.69, 9.17) is 4.74 Å². The van der Waals surface area contributed by atoms with E-state index >= 15 is 0 Å². The van der Waals surface area contributed by atoms with Crippen LogP contribution in [0.5, 0.6) is 5.75 Å². The van der Waals surface area contributed by atoms with Crippen molar-refractivity contribution < 1.29 is 9.53 Å². The number of carbonyl (C=O) groups excluding carboxylic acids is 1. The second-order valence-corrected chi connectivity index (χ2v) is 5.90. The van der Waals surface area contributed by atoms with Crippen LogP contribution in [0.3, 0.4) is 0 Å². The van der Waals surface area contributed by atoms with Gasteiger partial charge in [-0.2, -0.15) is 0 Å². The highest BCUT2D eigenvalue weighted by Gasteiger charge is 2.11. The molecule has 0 radical (unpaired) electrons. The van der Waals surface area contributed by atoms with E-state index in [0.717, 1.165) is 16.3 Å². The molecule has 6 heteroatoms. The van der Waals surface area contributed by atoms with E-state index in [1.807, 2.05) is 41.8 Å². The summed E-state index contributed by atoms with van der Waals surface area (Å²) in [4.78, 5) is 18.4. The molecule has 3 rings (SSSR count). The van der Waals surface area contributed by atoms with Crippen LogP contribution < -0.4 is 10.1 Å². The van der Waals surface area contributed by atoms with Gasteiger partial charge >= 0.3 is 0 Å². The van der Waals surface area contributed by atoms with Gasteiger partial charge in [0.1, 0.15) is 11.4 Å². The highest BCUT2D eigenvalue weighted by atomic mass is 32.1. The summed E-state index contributed by atoms with van der Waals surface area (Å²) < 4.78 is 6.98. The van der Waals surface area contributed by atoms with E-state index in [-0.39, 0.29) is 5.91 Å². The molecule has 5 nitrogen and oxygen atoms in total. The number of nitrogens with zero attached hydrogens (tertiary/aromatic N) is 2. The van der Waals surface area contributed by atoms with E-state index in [2.05, 4.69) is 10.3 Å². The number of amides is 1. The van der Waals surface area contributed by atoms with Gasteiger partial charge in [-0.3, -0.25) is 9.20 Å². The molecule has 0 fully saturated rings. The molecule has 0 atom stereocenters. The maximum Gasteiger partial charge on any atom is 0.271 e. The Balaban J connectivity index is 1.66. The molecule has 0 spiro atoms. The molecule has 0 saturated carbocycles. The number of nitrogens with one attached hydrogen (secondary N) is 1. The van der Waals surface area contributed by atoms with E-state index in [9.17, 15) is 4.79 Å². The quantitative estimate of drug-likeness (QED) is 0.806. The van der Waals surface area contributed by atoms with Gasteiger partial charge in [-0.15, -0.1) is 11.3 Å². The molecule has 1 amide bonds. The number of thiazole rings is 1. The molecule has 1 aromatic carbocycles. The molecular formula is C15H15N3O2S. The number of carbonyl (C=O) groups is 1. The Hall–Kier alpha value is -2.34. The van der Waals surface area contributed by atoms with Crippen LogP contribution in [0.4, 0.5) is 0 Å². The smallest absolute Gasteiger partial charge is 0.271 e. The standard InChI is InChI=1S/C15H15N3O2S/c1-10-8-18-9-13(17-15(18)21-10)14(19)16-7-11-3-5-12(20-2)6-4-11/h3-6,8-9H,7H2,1-2H3,(H,16,19). The van der Waals surface area contributed by atoms with Crippen molar-refractivity contribution in [2.75, 3.05) is 7.11 Å². The van der Waals surface area contributed by atoms with E-state index in [1.54, 1.807) is 24.6 Å². The number of benzene rings is 1. The summed E-state index contributed by atoms with van der Waals surface area (Å²) in [7, 11) is 1.63. The first-order valence-electron chi connectivity index (χ1n) is 6.52. The number of hydrogen-bond donors (Lipinski definition) is 1. The Labute approximate surface area is 126 Å². The lowest BCUT2D eigenvalue weighted by Crippen LogP contribution is -2.23. The molecule has 1 N–H and O–H groups in total. The van der Waals surface area contributed by atoms with Gasteiger partial charge in [0.2, 0.25) is 0 Å². The topological polar surface area (TPSA) is 55.6 Å². The number of ether oxygens (including phenoxy) is 1. The van der Waals surface area contributed by atoms with Gasteiger partial charge in [-0.1, -0.05) is 12.1 Å². The van der Waals surface area contributed by atoms with Crippen molar-refractivity contribution in [3.63, 3.8) is 0 Å². The number of hydrogen-bond acceptors (Lipinski definition) is 4. The van der Waals surface area contributed by atoms with Gasteiger partial charge in [0.15, 0.2) is 4.96 Å². The van der Waals surface area contributed by atoms with E-state index < -0.39 is 0 Å². The van der Waals surface area contributed by atoms with Crippen molar-refractivity contribution in [1.29, 1.82) is 0 Å². The van der Waals surface area contributed by atoms with Crippen LogP contribution in [0.15, 0.2) is 36.7 Å². The zero-order valence-electron chi connectivity index (χ0n) is 11.8. The van der Waals surface area contributed by atoms with Gasteiger partial charge in [0.25, 0.3) is 5.91 Å². The molecule has 0 bridgehead atoms. The number of methoxy groups -OCH3 is 1. The fraction of sp³-hybridized carbons (Fsp3) is 0.200. The van der Waals surface area contributed by atoms with Crippen LogP contribution in [-0.4, -0.2) is 22.4 Å². The van der Waals surface area contributed by atoms with Crippen LogP contribution in [0.2, 0.25) is 0 Å². The SMILES string of the molecule is COc1ccc(CNC(=O)c2cn3cc(C)sc3n2)cc1. The van der Waals surface area contributed by atoms with Crippen molar-refractivity contribution in [1.82, 2.24) is 14.7 Å². The molecule has 0 aliphatic rings. The summed E-state index contributed by atoms with van der Waals surface area (Å²) in [6, 6.07) is 7.59. The van der Waals surface area contributed by atoms with Crippen molar-refractivity contribution in [2.45, 2.75) is 13.5 Å². The van der Waals surface area contributed by atoms with E-state index in [1.165, 1.54) is 4.88 Å². The van der Waals surface area contributed by atoms with Crippen molar-refractivity contribution in [3.8, 4) is 5.75 Å². The Bertz CT molecular complexity index is 742. The molecule has 0 unspecified atom stereocenters. The summed E-state index contributed by atoms with van der Waals surface area (Å²) in [6.07, 6.45) is 3.72. The predicted octanol–water partition coefficient (Wildman–Crippen LogP) is 2.64. The summed E-state index contributed by atoms with van der Waals surface area (Å²) >= 11 is 1.57. The van der Waals surface area contributed by atoms with Gasteiger partial charge in [-0.25, -0.2) is 4.98 Å². The maximum atomic E-state index is 12.1. The highest BCUT2D eigenvalue weighted by Crippen LogP contribution is 2.16. The molecular weight excluding hydrogens is 286 g/mol. The molecule has 3 aromatic rings. The van der Waals surface area contributed by atoms with Gasteiger partial charge in [-0.05, 0) is 24.6 Å². The number of aryl methyl sites for hydroxylation is 1. The molecule has 108 valence electrons. The van der Waals surface area contributed by atoms with Crippen LogP contribution >= 0.6 is 11.3 Å². The van der Waals surface area contributed by atoms with Gasteiger partial charge in [0.05, 0.1) is 7.11 Å².